The summed E-state index contributed by atoms with van der Waals surface area (Å²) < 4.78 is 54.2. The fourth-order valence-corrected chi connectivity index (χ4v) is 2.80. The molecule has 0 spiro atoms. The standard InChI is InChI=1S/C16H9ClF4N2O.C2H6/c1-8-13-11(18)6-3-7-12(13)23(22-8)15(24)14-9(16(19,20)21)4-2-5-10(14)17;1-2/h2-7H,1H3;1-2H3. The Kier molecular flexibility index (Phi) is 5.71. The van der Waals surface area contributed by atoms with Gasteiger partial charge in [-0.25, -0.2) is 4.39 Å². The largest absolute Gasteiger partial charge is 0.417 e. The molecule has 0 unspecified atom stereocenters. The Morgan fingerprint density at radius 2 is 1.73 bits per heavy atom. The van der Waals surface area contributed by atoms with Crippen molar-refractivity contribution in [3.8, 4) is 0 Å². The second-order valence-electron chi connectivity index (χ2n) is 5.10. The van der Waals surface area contributed by atoms with Gasteiger partial charge in [-0.05, 0) is 31.2 Å². The van der Waals surface area contributed by atoms with Crippen LogP contribution in [0.2, 0.25) is 5.02 Å². The van der Waals surface area contributed by atoms with Crippen LogP contribution in [-0.2, 0) is 6.18 Å². The maximum absolute atomic E-state index is 13.9. The van der Waals surface area contributed by atoms with Gasteiger partial charge in [0.05, 0.1) is 32.7 Å². The summed E-state index contributed by atoms with van der Waals surface area (Å²) in [7, 11) is 0. The molecule has 0 amide bonds. The zero-order chi connectivity index (χ0) is 19.6. The number of hydrogen-bond donors (Lipinski definition) is 0. The maximum Gasteiger partial charge on any atom is 0.417 e. The summed E-state index contributed by atoms with van der Waals surface area (Å²) >= 11 is 5.83. The number of alkyl halides is 3. The van der Waals surface area contributed by atoms with Crippen molar-refractivity contribution in [3.63, 3.8) is 0 Å². The number of nitrogens with zero attached hydrogens (tertiary/aromatic N) is 2. The molecule has 138 valence electrons. The van der Waals surface area contributed by atoms with Gasteiger partial charge in [-0.15, -0.1) is 0 Å². The van der Waals surface area contributed by atoms with Gasteiger partial charge >= 0.3 is 6.18 Å². The van der Waals surface area contributed by atoms with Crippen LogP contribution in [0.3, 0.4) is 0 Å². The second-order valence-corrected chi connectivity index (χ2v) is 5.50. The Morgan fingerprint density at radius 3 is 2.35 bits per heavy atom. The first kappa shape index (κ1) is 19.9. The second kappa shape index (κ2) is 7.45. The van der Waals surface area contributed by atoms with E-state index in [2.05, 4.69) is 5.10 Å². The molecule has 26 heavy (non-hydrogen) atoms. The molecule has 0 saturated carbocycles. The monoisotopic (exact) mass is 386 g/mol. The third-order valence-corrected chi connectivity index (χ3v) is 3.87. The molecule has 2 aromatic carbocycles. The van der Waals surface area contributed by atoms with Crippen molar-refractivity contribution >= 4 is 28.4 Å². The summed E-state index contributed by atoms with van der Waals surface area (Å²) in [6.07, 6.45) is -4.76. The lowest BCUT2D eigenvalue weighted by molar-refractivity contribution is -0.137. The van der Waals surface area contributed by atoms with E-state index in [1.807, 2.05) is 13.8 Å². The van der Waals surface area contributed by atoms with Crippen molar-refractivity contribution in [1.29, 1.82) is 0 Å². The van der Waals surface area contributed by atoms with Crippen LogP contribution in [0.5, 0.6) is 0 Å². The topological polar surface area (TPSA) is 34.9 Å². The highest BCUT2D eigenvalue weighted by Gasteiger charge is 2.37. The average molecular weight is 387 g/mol. The number of rotatable bonds is 1. The van der Waals surface area contributed by atoms with E-state index in [0.29, 0.717) is 0 Å². The van der Waals surface area contributed by atoms with Crippen LogP contribution in [0.15, 0.2) is 36.4 Å². The summed E-state index contributed by atoms with van der Waals surface area (Å²) in [6.45, 7) is 5.46. The van der Waals surface area contributed by atoms with E-state index in [4.69, 9.17) is 11.6 Å². The lowest BCUT2D eigenvalue weighted by atomic mass is 10.1. The molecule has 0 N–H and O–H groups in total. The Morgan fingerprint density at radius 1 is 1.12 bits per heavy atom. The first-order valence-electron chi connectivity index (χ1n) is 7.76. The predicted octanol–water partition coefficient (Wildman–Crippen LogP) is 5.87. The highest BCUT2D eigenvalue weighted by Crippen LogP contribution is 2.36. The smallest absolute Gasteiger partial charge is 0.267 e. The zero-order valence-corrected chi connectivity index (χ0v) is 14.9. The van der Waals surface area contributed by atoms with E-state index < -0.39 is 29.0 Å². The van der Waals surface area contributed by atoms with Gasteiger partial charge in [-0.2, -0.15) is 23.0 Å². The average Bonchev–Trinajstić information content (AvgIpc) is 2.93. The van der Waals surface area contributed by atoms with Crippen LogP contribution in [0.25, 0.3) is 10.9 Å². The van der Waals surface area contributed by atoms with Gasteiger partial charge < -0.3 is 0 Å². The van der Waals surface area contributed by atoms with Crippen molar-refractivity contribution < 1.29 is 22.4 Å². The van der Waals surface area contributed by atoms with Gasteiger partial charge in [-0.3, -0.25) is 4.79 Å². The lowest BCUT2D eigenvalue weighted by Crippen LogP contribution is -2.20. The zero-order valence-electron chi connectivity index (χ0n) is 14.2. The number of hydrogen-bond acceptors (Lipinski definition) is 2. The third-order valence-electron chi connectivity index (χ3n) is 3.56. The molecule has 0 aliphatic rings. The molecule has 0 saturated heterocycles. The molecule has 3 nitrogen and oxygen atoms in total. The summed E-state index contributed by atoms with van der Waals surface area (Å²) in [5, 5.41) is 3.61. The Bertz CT molecular complexity index is 964. The van der Waals surface area contributed by atoms with Gasteiger partial charge in [0.25, 0.3) is 5.91 Å². The van der Waals surface area contributed by atoms with Crippen LogP contribution < -0.4 is 0 Å². The molecule has 0 bridgehead atoms. The number of carbonyl (C=O) groups excluding carboxylic acids is 1. The Hall–Kier alpha value is -2.41. The van der Waals surface area contributed by atoms with E-state index in [9.17, 15) is 22.4 Å². The number of halogens is 5. The minimum absolute atomic E-state index is 0.0746. The van der Waals surface area contributed by atoms with Crippen molar-refractivity contribution in [2.45, 2.75) is 26.9 Å². The van der Waals surface area contributed by atoms with E-state index in [-0.39, 0.29) is 21.6 Å². The fourth-order valence-electron chi connectivity index (χ4n) is 2.54. The third kappa shape index (κ3) is 3.44. The Balaban J connectivity index is 0.00000117. The SMILES string of the molecule is CC.Cc1nn(C(=O)c2c(Cl)cccc2C(F)(F)F)c2cccc(F)c12. The highest BCUT2D eigenvalue weighted by atomic mass is 35.5. The molecule has 3 rings (SSSR count). The quantitative estimate of drug-likeness (QED) is 0.490. The molecular weight excluding hydrogens is 372 g/mol. The number of fused-ring (bicyclic) bond motifs is 1. The van der Waals surface area contributed by atoms with Gasteiger partial charge in [0.2, 0.25) is 0 Å². The fraction of sp³-hybridized carbons (Fsp3) is 0.222. The van der Waals surface area contributed by atoms with Crippen LogP contribution in [0.1, 0.15) is 35.5 Å². The number of benzene rings is 2. The number of aryl methyl sites for hydroxylation is 1. The Labute approximate surface area is 152 Å². The van der Waals surface area contributed by atoms with E-state index >= 15 is 0 Å². The van der Waals surface area contributed by atoms with E-state index in [0.717, 1.165) is 16.8 Å². The van der Waals surface area contributed by atoms with E-state index in [1.165, 1.54) is 31.2 Å². The normalized spacial score (nSPS) is 11.2. The minimum Gasteiger partial charge on any atom is -0.267 e. The molecule has 0 atom stereocenters. The van der Waals surface area contributed by atoms with Crippen LogP contribution in [0, 0.1) is 12.7 Å². The molecule has 0 aliphatic carbocycles. The molecule has 3 aromatic rings. The minimum atomic E-state index is -4.76. The van der Waals surface area contributed by atoms with Crippen molar-refractivity contribution in [2.24, 2.45) is 0 Å². The number of carbonyl (C=O) groups is 1. The highest BCUT2D eigenvalue weighted by molar-refractivity contribution is 6.34. The molecule has 0 fully saturated rings. The molecule has 0 radical (unpaired) electrons. The van der Waals surface area contributed by atoms with Crippen LogP contribution in [-0.4, -0.2) is 15.7 Å². The van der Waals surface area contributed by atoms with Gasteiger partial charge in [-0.1, -0.05) is 37.6 Å². The van der Waals surface area contributed by atoms with Gasteiger partial charge in [0.1, 0.15) is 5.82 Å². The van der Waals surface area contributed by atoms with Crippen LogP contribution >= 0.6 is 11.6 Å². The lowest BCUT2D eigenvalue weighted by Gasteiger charge is -2.13. The number of aromatic nitrogens is 2. The van der Waals surface area contributed by atoms with Crippen molar-refractivity contribution in [3.05, 3.63) is 64.1 Å². The summed E-state index contributed by atoms with van der Waals surface area (Å²) in [5.41, 5.74) is -1.62. The van der Waals surface area contributed by atoms with Gasteiger partial charge in [0, 0.05) is 0 Å². The molecular formula is C18H15ClF4N2O. The van der Waals surface area contributed by atoms with Crippen molar-refractivity contribution in [2.75, 3.05) is 0 Å². The molecule has 8 heteroatoms. The molecule has 0 aliphatic heterocycles. The predicted molar refractivity (Wildman–Crippen MR) is 92.0 cm³/mol. The maximum atomic E-state index is 13.9. The van der Waals surface area contributed by atoms with Crippen LogP contribution in [0.4, 0.5) is 17.6 Å². The van der Waals surface area contributed by atoms with Crippen molar-refractivity contribution in [1.82, 2.24) is 9.78 Å². The summed E-state index contributed by atoms with van der Waals surface area (Å²) in [4.78, 5) is 12.7. The summed E-state index contributed by atoms with van der Waals surface area (Å²) in [6, 6.07) is 6.98. The van der Waals surface area contributed by atoms with Gasteiger partial charge in [0.15, 0.2) is 0 Å². The molecule has 1 heterocycles. The first-order chi connectivity index (χ1) is 12.2. The van der Waals surface area contributed by atoms with E-state index in [1.54, 1.807) is 0 Å². The first-order valence-corrected chi connectivity index (χ1v) is 8.14. The summed E-state index contributed by atoms with van der Waals surface area (Å²) in [5.74, 6) is -1.68. The molecule has 1 aromatic heterocycles.